The van der Waals surface area contributed by atoms with Gasteiger partial charge in [-0.05, 0) is 30.7 Å². The third kappa shape index (κ3) is 2.88. The molecule has 2 aromatic heterocycles. The van der Waals surface area contributed by atoms with Crippen LogP contribution in [0.1, 0.15) is 18.7 Å². The van der Waals surface area contributed by atoms with E-state index in [9.17, 15) is 15.3 Å². The fourth-order valence-corrected chi connectivity index (χ4v) is 3.73. The van der Waals surface area contributed by atoms with E-state index in [2.05, 4.69) is 15.1 Å². The summed E-state index contributed by atoms with van der Waals surface area (Å²) in [5.41, 5.74) is -0.515. The number of aromatic nitrogens is 3. The standard InChI is InChI=1S/C18H19ClN4O5/c1-18(26,9-2-4-10(19)5-3-9)14-12(24)13(25)17(28-14)23-7-6-11-15(22-27)20-8-21-16(11)23/h2-8,12-14,17,24-27H,1H3,(H,20,21,22)/t12-,13+,14-,17+,18?/m0/s1. The number of ether oxygens (including phenoxy) is 1. The van der Waals surface area contributed by atoms with E-state index in [1.165, 1.54) is 13.3 Å². The summed E-state index contributed by atoms with van der Waals surface area (Å²) >= 11 is 5.90. The van der Waals surface area contributed by atoms with Crippen molar-refractivity contribution in [1.29, 1.82) is 0 Å². The van der Waals surface area contributed by atoms with Crippen molar-refractivity contribution < 1.29 is 25.3 Å². The van der Waals surface area contributed by atoms with Crippen molar-refractivity contribution >= 4 is 22.6 Å². The molecule has 0 aliphatic carbocycles. The van der Waals surface area contributed by atoms with Crippen LogP contribution in [0.5, 0.6) is 0 Å². The average Bonchev–Trinajstić information content (AvgIpc) is 3.24. The first-order valence-corrected chi connectivity index (χ1v) is 8.94. The molecule has 148 valence electrons. The third-order valence-electron chi connectivity index (χ3n) is 5.13. The Morgan fingerprint density at radius 3 is 2.61 bits per heavy atom. The summed E-state index contributed by atoms with van der Waals surface area (Å²) < 4.78 is 7.46. The van der Waals surface area contributed by atoms with Crippen molar-refractivity contribution in [1.82, 2.24) is 14.5 Å². The summed E-state index contributed by atoms with van der Waals surface area (Å²) in [5.74, 6) is 0. The molecule has 0 radical (unpaired) electrons. The number of hydrogen-bond acceptors (Lipinski definition) is 7. The summed E-state index contributed by atoms with van der Waals surface area (Å²) in [7, 11) is 0. The Labute approximate surface area is 164 Å². The summed E-state index contributed by atoms with van der Waals surface area (Å²) in [6.45, 7) is 1.51. The Morgan fingerprint density at radius 1 is 1.21 bits per heavy atom. The minimum Gasteiger partial charge on any atom is -0.409 e. The van der Waals surface area contributed by atoms with Gasteiger partial charge in [-0.1, -0.05) is 28.9 Å². The highest BCUT2D eigenvalue weighted by Gasteiger charge is 2.52. The number of nitrogens with one attached hydrogen (secondary N) is 1. The second-order valence-corrected chi connectivity index (χ2v) is 7.33. The maximum atomic E-state index is 11.1. The molecular formula is C18H19ClN4O5. The van der Waals surface area contributed by atoms with Crippen LogP contribution in [0.3, 0.4) is 0 Å². The van der Waals surface area contributed by atoms with Crippen molar-refractivity contribution in [2.45, 2.75) is 37.1 Å². The number of H-pyrrole nitrogens is 1. The maximum Gasteiger partial charge on any atom is 0.203 e. The van der Waals surface area contributed by atoms with Crippen LogP contribution < -0.4 is 5.49 Å². The van der Waals surface area contributed by atoms with E-state index in [1.54, 1.807) is 41.1 Å². The summed E-state index contributed by atoms with van der Waals surface area (Å²) in [5, 5.41) is 45.5. The van der Waals surface area contributed by atoms with Crippen LogP contribution >= 0.6 is 11.6 Å². The van der Waals surface area contributed by atoms with Crippen LogP contribution in [0.15, 0.2) is 48.0 Å². The molecule has 1 aromatic carbocycles. The van der Waals surface area contributed by atoms with Crippen molar-refractivity contribution in [2.75, 3.05) is 0 Å². The lowest BCUT2D eigenvalue weighted by atomic mass is 9.87. The highest BCUT2D eigenvalue weighted by Crippen LogP contribution is 2.40. The number of benzene rings is 1. The molecule has 0 bridgehead atoms. The van der Waals surface area contributed by atoms with Crippen LogP contribution in [0, 0.1) is 0 Å². The molecule has 5 N–H and O–H groups in total. The van der Waals surface area contributed by atoms with Gasteiger partial charge in [-0.2, -0.15) is 0 Å². The minimum atomic E-state index is -1.58. The molecule has 0 amide bonds. The molecule has 10 heteroatoms. The number of halogens is 1. The molecule has 1 fully saturated rings. The number of aliphatic hydroxyl groups is 3. The average molecular weight is 407 g/mol. The minimum absolute atomic E-state index is 0.102. The molecule has 1 saturated heterocycles. The van der Waals surface area contributed by atoms with Crippen molar-refractivity contribution in [3.05, 3.63) is 58.9 Å². The Kier molecular flexibility index (Phi) is 4.64. The van der Waals surface area contributed by atoms with Crippen molar-refractivity contribution in [3.63, 3.8) is 0 Å². The van der Waals surface area contributed by atoms with Gasteiger partial charge in [-0.15, -0.1) is 0 Å². The lowest BCUT2D eigenvalue weighted by molar-refractivity contribution is -0.135. The zero-order chi connectivity index (χ0) is 20.1. The van der Waals surface area contributed by atoms with Crippen LogP contribution in [-0.4, -0.2) is 53.4 Å². The normalized spacial score (nSPS) is 28.0. The predicted octanol–water partition coefficient (Wildman–Crippen LogP) is 0.835. The molecular weight excluding hydrogens is 388 g/mol. The van der Waals surface area contributed by atoms with Crippen molar-refractivity contribution in [2.24, 2.45) is 5.16 Å². The zero-order valence-corrected chi connectivity index (χ0v) is 15.5. The van der Waals surface area contributed by atoms with E-state index in [0.29, 0.717) is 21.6 Å². The first kappa shape index (κ1) is 18.9. The molecule has 5 atom stereocenters. The molecule has 1 aliphatic rings. The fourth-order valence-electron chi connectivity index (χ4n) is 3.60. The highest BCUT2D eigenvalue weighted by atomic mass is 35.5. The van der Waals surface area contributed by atoms with E-state index >= 15 is 0 Å². The third-order valence-corrected chi connectivity index (χ3v) is 5.39. The molecule has 4 rings (SSSR count). The molecule has 1 unspecified atom stereocenters. The van der Waals surface area contributed by atoms with Gasteiger partial charge in [0.05, 0.1) is 11.7 Å². The van der Waals surface area contributed by atoms with E-state index in [4.69, 9.17) is 21.5 Å². The number of aliphatic hydroxyl groups excluding tert-OH is 2. The molecule has 3 heterocycles. The van der Waals surface area contributed by atoms with Gasteiger partial charge in [0, 0.05) is 11.2 Å². The topological polar surface area (TPSA) is 136 Å². The van der Waals surface area contributed by atoms with E-state index in [-0.39, 0.29) is 5.49 Å². The fraction of sp³-hybridized carbons (Fsp3) is 0.333. The smallest absolute Gasteiger partial charge is 0.203 e. The molecule has 1 aliphatic heterocycles. The molecule has 0 saturated carbocycles. The monoisotopic (exact) mass is 406 g/mol. The molecule has 0 spiro atoms. The largest absolute Gasteiger partial charge is 0.409 e. The number of nitrogens with zero attached hydrogens (tertiary/aromatic N) is 3. The Balaban J connectivity index is 1.72. The second-order valence-electron chi connectivity index (χ2n) is 6.89. The molecule has 9 nitrogen and oxygen atoms in total. The number of aromatic amines is 1. The predicted molar refractivity (Wildman–Crippen MR) is 98.4 cm³/mol. The maximum absolute atomic E-state index is 11.1. The second kappa shape index (κ2) is 6.87. The Morgan fingerprint density at radius 2 is 1.93 bits per heavy atom. The van der Waals surface area contributed by atoms with Crippen LogP contribution in [0.2, 0.25) is 5.02 Å². The zero-order valence-electron chi connectivity index (χ0n) is 14.8. The molecule has 3 aromatic rings. The van der Waals surface area contributed by atoms with Gasteiger partial charge in [0.25, 0.3) is 0 Å². The van der Waals surface area contributed by atoms with Gasteiger partial charge in [0.2, 0.25) is 5.49 Å². The number of hydrogen-bond donors (Lipinski definition) is 5. The quantitative estimate of drug-likeness (QED) is 0.323. The van der Waals surface area contributed by atoms with Crippen LogP contribution in [-0.2, 0) is 10.3 Å². The van der Waals surface area contributed by atoms with Crippen LogP contribution in [0.25, 0.3) is 11.0 Å². The van der Waals surface area contributed by atoms with Gasteiger partial charge in [-0.25, -0.2) is 4.98 Å². The lowest BCUT2D eigenvalue weighted by Gasteiger charge is -2.32. The SMILES string of the molecule is CC(O)(c1ccc(Cl)cc1)[C@H]1O[C@@H](n2ccc3/c(=N\O)nc[nH]c32)[C@H](O)[C@@H]1O. The van der Waals surface area contributed by atoms with E-state index in [0.717, 1.165) is 0 Å². The van der Waals surface area contributed by atoms with Crippen LogP contribution in [0.4, 0.5) is 0 Å². The van der Waals surface area contributed by atoms with Gasteiger partial charge in [-0.3, -0.25) is 0 Å². The van der Waals surface area contributed by atoms with Gasteiger partial charge < -0.3 is 34.8 Å². The first-order chi connectivity index (χ1) is 13.3. The Hall–Kier alpha value is -2.43. The van der Waals surface area contributed by atoms with E-state index < -0.39 is 30.1 Å². The number of rotatable bonds is 3. The van der Waals surface area contributed by atoms with Gasteiger partial charge >= 0.3 is 0 Å². The molecule has 28 heavy (non-hydrogen) atoms. The summed E-state index contributed by atoms with van der Waals surface area (Å²) in [6.07, 6.45) is -1.80. The van der Waals surface area contributed by atoms with Crippen molar-refractivity contribution in [3.8, 4) is 0 Å². The van der Waals surface area contributed by atoms with Gasteiger partial charge in [0.1, 0.15) is 29.6 Å². The number of fused-ring (bicyclic) bond motifs is 1. The van der Waals surface area contributed by atoms with E-state index in [1.807, 2.05) is 0 Å². The lowest BCUT2D eigenvalue weighted by Crippen LogP contribution is -2.45. The summed E-state index contributed by atoms with van der Waals surface area (Å²) in [4.78, 5) is 6.82. The van der Waals surface area contributed by atoms with Gasteiger partial charge in [0.15, 0.2) is 6.23 Å². The highest BCUT2D eigenvalue weighted by molar-refractivity contribution is 6.30. The first-order valence-electron chi connectivity index (χ1n) is 8.57. The summed E-state index contributed by atoms with van der Waals surface area (Å²) in [6, 6.07) is 8.17. The Bertz CT molecular complexity index is 1060.